The molecule has 0 radical (unpaired) electrons. The molecule has 0 N–H and O–H groups in total. The first kappa shape index (κ1) is 13.6. The first-order valence-corrected chi connectivity index (χ1v) is 9.24. The summed E-state index contributed by atoms with van der Waals surface area (Å²) < 4.78 is 2.52. The van der Waals surface area contributed by atoms with E-state index in [4.69, 9.17) is 4.99 Å². The van der Waals surface area contributed by atoms with Crippen LogP contribution < -0.4 is 0 Å². The molecule has 3 heteroatoms. The van der Waals surface area contributed by atoms with E-state index in [0.29, 0.717) is 0 Å². The van der Waals surface area contributed by atoms with E-state index in [0.717, 1.165) is 32.0 Å². The lowest BCUT2D eigenvalue weighted by atomic mass is 9.83. The van der Waals surface area contributed by atoms with Crippen LogP contribution in [0, 0.1) is 0 Å². The minimum atomic E-state index is 0.789. The molecule has 120 valence electrons. The molecule has 3 aliphatic rings. The number of hydrogen-bond acceptors (Lipinski definition) is 2. The molecule has 0 unspecified atom stereocenters. The van der Waals surface area contributed by atoms with Crippen molar-refractivity contribution >= 4 is 16.7 Å². The number of aromatic nitrogens is 1. The summed E-state index contributed by atoms with van der Waals surface area (Å²) in [5.74, 6) is 2.00. The first-order valence-electron chi connectivity index (χ1n) is 9.24. The summed E-state index contributed by atoms with van der Waals surface area (Å²) in [6, 6.07) is 7.32. The molecule has 0 atom stereocenters. The maximum Gasteiger partial charge on any atom is 0.148 e. The Hall–Kier alpha value is -1.77. The lowest BCUT2D eigenvalue weighted by Crippen LogP contribution is -2.39. The molecule has 0 saturated heterocycles. The predicted octanol–water partition coefficient (Wildman–Crippen LogP) is 3.94. The van der Waals surface area contributed by atoms with Gasteiger partial charge in [0.2, 0.25) is 0 Å². The number of aliphatic imine (C=N–C) groups is 1. The summed E-state index contributed by atoms with van der Waals surface area (Å²) in [5, 5.41) is 1.51. The third kappa shape index (κ3) is 1.98. The van der Waals surface area contributed by atoms with Gasteiger partial charge in [-0.25, -0.2) is 0 Å². The molecule has 23 heavy (non-hydrogen) atoms. The van der Waals surface area contributed by atoms with Crippen molar-refractivity contribution in [3.8, 4) is 0 Å². The van der Waals surface area contributed by atoms with Crippen LogP contribution in [0.2, 0.25) is 0 Å². The molecule has 2 aromatic rings. The van der Waals surface area contributed by atoms with E-state index in [-0.39, 0.29) is 0 Å². The molecular weight excluding hydrogens is 282 g/mol. The van der Waals surface area contributed by atoms with Crippen molar-refractivity contribution < 1.29 is 0 Å². The van der Waals surface area contributed by atoms with Crippen LogP contribution in [-0.2, 0) is 13.0 Å². The van der Waals surface area contributed by atoms with Gasteiger partial charge in [-0.1, -0.05) is 25.3 Å². The summed E-state index contributed by atoms with van der Waals surface area (Å²) in [6.45, 7) is 3.10. The van der Waals surface area contributed by atoms with Crippen molar-refractivity contribution in [1.82, 2.24) is 9.47 Å². The molecule has 3 nitrogen and oxygen atoms in total. The van der Waals surface area contributed by atoms with Gasteiger partial charge in [-0.3, -0.25) is 4.99 Å². The highest BCUT2D eigenvalue weighted by Gasteiger charge is 2.29. The van der Waals surface area contributed by atoms with E-state index in [1.54, 1.807) is 11.1 Å². The third-order valence-electron chi connectivity index (χ3n) is 6.12. The fourth-order valence-corrected chi connectivity index (χ4v) is 4.88. The Kier molecular flexibility index (Phi) is 3.04. The Morgan fingerprint density at radius 1 is 1.09 bits per heavy atom. The molecule has 3 heterocycles. The second-order valence-electron chi connectivity index (χ2n) is 7.47. The van der Waals surface area contributed by atoms with Gasteiger partial charge < -0.3 is 9.47 Å². The largest absolute Gasteiger partial charge is 0.356 e. The Balaban J connectivity index is 1.68. The molecule has 5 rings (SSSR count). The van der Waals surface area contributed by atoms with E-state index in [1.807, 2.05) is 0 Å². The average molecular weight is 307 g/mol. The lowest BCUT2D eigenvalue weighted by molar-refractivity contribution is 0.434. The minimum absolute atomic E-state index is 0.789. The van der Waals surface area contributed by atoms with Gasteiger partial charge in [-0.05, 0) is 48.4 Å². The maximum atomic E-state index is 4.81. The van der Waals surface area contributed by atoms with Gasteiger partial charge in [0.25, 0.3) is 0 Å². The second kappa shape index (κ2) is 5.12. The molecule has 1 aromatic heterocycles. The molecule has 1 fully saturated rings. The van der Waals surface area contributed by atoms with Crippen LogP contribution in [0.3, 0.4) is 0 Å². The quantitative estimate of drug-likeness (QED) is 0.781. The Morgan fingerprint density at radius 2 is 1.96 bits per heavy atom. The molecule has 1 saturated carbocycles. The number of likely N-dealkylation sites (N-methyl/N-ethyl adjacent to an activating group) is 1. The van der Waals surface area contributed by atoms with E-state index in [2.05, 4.69) is 34.7 Å². The summed E-state index contributed by atoms with van der Waals surface area (Å²) >= 11 is 0. The van der Waals surface area contributed by atoms with Crippen LogP contribution in [0.15, 0.2) is 23.2 Å². The van der Waals surface area contributed by atoms with Gasteiger partial charge in [0.05, 0.1) is 5.69 Å². The molecule has 1 aliphatic carbocycles. The fraction of sp³-hybridized carbons (Fsp3) is 0.550. The normalized spacial score (nSPS) is 21.4. The molecule has 2 aliphatic heterocycles. The van der Waals surface area contributed by atoms with Crippen LogP contribution in [0.25, 0.3) is 10.9 Å². The van der Waals surface area contributed by atoms with Crippen molar-refractivity contribution in [1.29, 1.82) is 0 Å². The highest BCUT2D eigenvalue weighted by atomic mass is 15.2. The predicted molar refractivity (Wildman–Crippen MR) is 95.5 cm³/mol. The standard InChI is InChI=1S/C20H25N3/c1-22-11-12-23-18-8-7-15(14-5-3-2-4-6-14)13-17(18)16-9-10-21-20(22)19(16)23/h7-8,13-14H,2-6,9-12H2,1H3. The Morgan fingerprint density at radius 3 is 2.83 bits per heavy atom. The monoisotopic (exact) mass is 307 g/mol. The van der Waals surface area contributed by atoms with E-state index < -0.39 is 0 Å². The Bertz CT molecular complexity index is 793. The summed E-state index contributed by atoms with van der Waals surface area (Å²) in [6.07, 6.45) is 8.10. The van der Waals surface area contributed by atoms with Crippen molar-refractivity contribution in [3.63, 3.8) is 0 Å². The topological polar surface area (TPSA) is 20.5 Å². The van der Waals surface area contributed by atoms with Crippen molar-refractivity contribution in [2.24, 2.45) is 4.99 Å². The summed E-state index contributed by atoms with van der Waals surface area (Å²) in [7, 11) is 2.18. The zero-order chi connectivity index (χ0) is 15.4. The highest BCUT2D eigenvalue weighted by molar-refractivity contribution is 6.06. The van der Waals surface area contributed by atoms with Crippen molar-refractivity contribution in [3.05, 3.63) is 35.0 Å². The van der Waals surface area contributed by atoms with Crippen LogP contribution in [0.4, 0.5) is 0 Å². The van der Waals surface area contributed by atoms with E-state index >= 15 is 0 Å². The number of fused-ring (bicyclic) bond motifs is 3. The number of nitrogens with zero attached hydrogens (tertiary/aromatic N) is 3. The number of benzene rings is 1. The molecule has 0 bridgehead atoms. The Labute approximate surface area is 138 Å². The molecule has 1 aromatic carbocycles. The van der Waals surface area contributed by atoms with Gasteiger partial charge in [0, 0.05) is 37.6 Å². The zero-order valence-corrected chi connectivity index (χ0v) is 14.0. The second-order valence-corrected chi connectivity index (χ2v) is 7.47. The van der Waals surface area contributed by atoms with Crippen LogP contribution in [0.5, 0.6) is 0 Å². The number of hydrogen-bond donors (Lipinski definition) is 0. The molecular formula is C20H25N3. The van der Waals surface area contributed by atoms with Crippen LogP contribution in [0.1, 0.15) is 54.8 Å². The van der Waals surface area contributed by atoms with Gasteiger partial charge in [0.15, 0.2) is 0 Å². The van der Waals surface area contributed by atoms with Gasteiger partial charge in [-0.2, -0.15) is 0 Å². The summed E-state index contributed by atoms with van der Waals surface area (Å²) in [5.41, 5.74) is 5.96. The highest BCUT2D eigenvalue weighted by Crippen LogP contribution is 2.37. The van der Waals surface area contributed by atoms with Gasteiger partial charge in [0.1, 0.15) is 5.84 Å². The average Bonchev–Trinajstić information content (AvgIpc) is 2.94. The lowest BCUT2D eigenvalue weighted by Gasteiger charge is -2.31. The summed E-state index contributed by atoms with van der Waals surface area (Å²) in [4.78, 5) is 7.14. The van der Waals surface area contributed by atoms with Crippen LogP contribution >= 0.6 is 0 Å². The van der Waals surface area contributed by atoms with E-state index in [1.165, 1.54) is 54.5 Å². The van der Waals surface area contributed by atoms with Crippen LogP contribution in [-0.4, -0.2) is 35.4 Å². The zero-order valence-electron chi connectivity index (χ0n) is 14.0. The minimum Gasteiger partial charge on any atom is -0.356 e. The van der Waals surface area contributed by atoms with Gasteiger partial charge in [-0.15, -0.1) is 0 Å². The fourth-order valence-electron chi connectivity index (χ4n) is 4.88. The van der Waals surface area contributed by atoms with E-state index in [9.17, 15) is 0 Å². The molecule has 0 amide bonds. The SMILES string of the molecule is CN1CCn2c3c(c4cc(C5CCCCC5)ccc42)CCN=C31. The van der Waals surface area contributed by atoms with Crippen molar-refractivity contribution in [2.75, 3.05) is 20.1 Å². The molecule has 0 spiro atoms. The third-order valence-corrected chi connectivity index (χ3v) is 6.12. The van der Waals surface area contributed by atoms with Crippen molar-refractivity contribution in [2.45, 2.75) is 51.0 Å². The van der Waals surface area contributed by atoms with Gasteiger partial charge >= 0.3 is 0 Å². The first-order chi connectivity index (χ1) is 11.3. The number of rotatable bonds is 1. The number of amidine groups is 1. The smallest absolute Gasteiger partial charge is 0.148 e. The maximum absolute atomic E-state index is 4.81.